The molecule has 0 fully saturated rings. The summed E-state index contributed by atoms with van der Waals surface area (Å²) in [5, 5.41) is 0. The van der Waals surface area contributed by atoms with Crippen LogP contribution in [0.25, 0.3) is 0 Å². The normalized spacial score (nSPS) is 13.3. The molecule has 0 rings (SSSR count). The summed E-state index contributed by atoms with van der Waals surface area (Å²) in [5.41, 5.74) is 0. The maximum Gasteiger partial charge on any atom is 0.472 e. The van der Waals surface area contributed by atoms with Crippen LogP contribution in [-0.2, 0) is 32.7 Å². The van der Waals surface area contributed by atoms with Crippen LogP contribution >= 0.6 is 7.82 Å². The average Bonchev–Trinajstić information content (AvgIpc) is 3.25. The van der Waals surface area contributed by atoms with Crippen molar-refractivity contribution >= 4 is 19.8 Å². The van der Waals surface area contributed by atoms with Gasteiger partial charge in [-0.2, -0.15) is 0 Å². The molecule has 0 heterocycles. The van der Waals surface area contributed by atoms with E-state index in [0.29, 0.717) is 12.8 Å². The summed E-state index contributed by atoms with van der Waals surface area (Å²) in [4.78, 5) is 34.7. The van der Waals surface area contributed by atoms with Gasteiger partial charge in [-0.25, -0.2) is 4.57 Å². The average molecular weight is 883 g/mol. The van der Waals surface area contributed by atoms with Crippen molar-refractivity contribution in [1.29, 1.82) is 0 Å². The number of carbonyl (C=O) groups excluding carboxylic acids is 2. The fourth-order valence-electron chi connectivity index (χ4n) is 7.69. The molecule has 1 N–H and O–H groups in total. The van der Waals surface area contributed by atoms with Gasteiger partial charge < -0.3 is 14.4 Å². The maximum absolute atomic E-state index is 12.6. The zero-order chi connectivity index (χ0) is 44.6. The SMILES string of the molecule is CCCCC/C=C\C/C=C\CCCCCCCCCCCC(=O)OC(COC(=O)CCCCCCCCCCCCCCCCCCCCCCCCC)COP(=O)(O)OC. The molecular weight excluding hydrogens is 784 g/mol. The molecule has 0 saturated heterocycles. The first-order chi connectivity index (χ1) is 29.8. The van der Waals surface area contributed by atoms with Crippen LogP contribution in [0.2, 0.25) is 0 Å². The second kappa shape index (κ2) is 48.0. The highest BCUT2D eigenvalue weighted by Crippen LogP contribution is 2.42. The molecule has 0 amide bonds. The first-order valence-electron chi connectivity index (χ1n) is 26.0. The standard InChI is InChI=1S/C52H99O8P/c1-4-6-8-10-12-14-16-18-20-22-24-25-26-27-29-30-32-34-36-38-40-42-44-46-51(53)58-48-50(49-59-61(55,56)57-3)60-52(54)47-45-43-41-39-37-35-33-31-28-23-21-19-17-15-13-11-9-7-5-2/h13,15,19,21,50H,4-12,14,16-18,20,22-49H2,1-3H3,(H,55,56)/b15-13-,21-19-. The third kappa shape index (κ3) is 47.8. The van der Waals surface area contributed by atoms with Gasteiger partial charge >= 0.3 is 19.8 Å². The van der Waals surface area contributed by atoms with Crippen LogP contribution in [0.15, 0.2) is 24.3 Å². The second-order valence-corrected chi connectivity index (χ2v) is 19.2. The number of hydrogen-bond donors (Lipinski definition) is 1. The van der Waals surface area contributed by atoms with E-state index in [2.05, 4.69) is 42.7 Å². The molecule has 0 radical (unpaired) electrons. The van der Waals surface area contributed by atoms with E-state index in [9.17, 15) is 19.0 Å². The molecule has 0 aromatic carbocycles. The van der Waals surface area contributed by atoms with E-state index in [4.69, 9.17) is 14.0 Å². The molecule has 0 spiro atoms. The summed E-state index contributed by atoms with van der Waals surface area (Å²) in [6, 6.07) is 0. The first-order valence-corrected chi connectivity index (χ1v) is 27.5. The molecule has 8 nitrogen and oxygen atoms in total. The van der Waals surface area contributed by atoms with Gasteiger partial charge in [0.05, 0.1) is 6.61 Å². The largest absolute Gasteiger partial charge is 0.472 e. The van der Waals surface area contributed by atoms with Gasteiger partial charge in [0, 0.05) is 20.0 Å². The van der Waals surface area contributed by atoms with Gasteiger partial charge in [-0.15, -0.1) is 0 Å². The molecule has 0 aromatic heterocycles. The number of phosphoric ester groups is 1. The molecule has 0 saturated carbocycles. The van der Waals surface area contributed by atoms with Crippen molar-refractivity contribution < 1.29 is 37.6 Å². The fraction of sp³-hybridized carbons (Fsp3) is 0.885. The molecule has 0 aliphatic rings. The quantitative estimate of drug-likeness (QED) is 0.0279. The molecule has 0 aliphatic carbocycles. The Balaban J connectivity index is 3.85. The number of esters is 2. The smallest absolute Gasteiger partial charge is 0.462 e. The Morgan fingerprint density at radius 2 is 0.787 bits per heavy atom. The van der Waals surface area contributed by atoms with E-state index in [-0.39, 0.29) is 19.0 Å². The second-order valence-electron chi connectivity index (χ2n) is 17.7. The lowest BCUT2D eigenvalue weighted by Crippen LogP contribution is -2.29. The van der Waals surface area contributed by atoms with Crippen molar-refractivity contribution in [2.45, 2.75) is 277 Å². The summed E-state index contributed by atoms with van der Waals surface area (Å²) >= 11 is 0. The molecule has 2 atom stereocenters. The van der Waals surface area contributed by atoms with Gasteiger partial charge in [0.2, 0.25) is 0 Å². The van der Waals surface area contributed by atoms with Crippen LogP contribution in [0.5, 0.6) is 0 Å². The van der Waals surface area contributed by atoms with Crippen molar-refractivity contribution in [2.24, 2.45) is 0 Å². The van der Waals surface area contributed by atoms with E-state index in [1.165, 1.54) is 193 Å². The Kier molecular flexibility index (Phi) is 46.8. The topological polar surface area (TPSA) is 108 Å². The number of rotatable bonds is 49. The van der Waals surface area contributed by atoms with Gasteiger partial charge in [-0.05, 0) is 44.9 Å². The van der Waals surface area contributed by atoms with Gasteiger partial charge in [-0.3, -0.25) is 18.6 Å². The van der Waals surface area contributed by atoms with E-state index in [0.717, 1.165) is 52.1 Å². The predicted octanol–water partition coefficient (Wildman–Crippen LogP) is 17.0. The molecule has 61 heavy (non-hydrogen) atoms. The van der Waals surface area contributed by atoms with Gasteiger partial charge in [0.1, 0.15) is 6.61 Å². The van der Waals surface area contributed by atoms with E-state index < -0.39 is 26.5 Å². The highest BCUT2D eigenvalue weighted by Gasteiger charge is 2.24. The highest BCUT2D eigenvalue weighted by atomic mass is 31.2. The van der Waals surface area contributed by atoms with Crippen LogP contribution in [0.4, 0.5) is 0 Å². The Morgan fingerprint density at radius 1 is 0.459 bits per heavy atom. The third-order valence-electron chi connectivity index (χ3n) is 11.7. The molecule has 0 aromatic rings. The summed E-state index contributed by atoms with van der Waals surface area (Å²) < 4.78 is 32.2. The fourth-order valence-corrected chi connectivity index (χ4v) is 8.15. The van der Waals surface area contributed by atoms with Crippen molar-refractivity contribution in [1.82, 2.24) is 0 Å². The lowest BCUT2D eigenvalue weighted by molar-refractivity contribution is -0.161. The van der Waals surface area contributed by atoms with Crippen LogP contribution in [0.3, 0.4) is 0 Å². The number of carbonyl (C=O) groups is 2. The van der Waals surface area contributed by atoms with Crippen LogP contribution < -0.4 is 0 Å². The molecule has 0 aliphatic heterocycles. The molecule has 2 unspecified atom stereocenters. The number of ether oxygens (including phenoxy) is 2. The van der Waals surface area contributed by atoms with Gasteiger partial charge in [0.25, 0.3) is 0 Å². The van der Waals surface area contributed by atoms with Crippen molar-refractivity contribution in [3.63, 3.8) is 0 Å². The monoisotopic (exact) mass is 883 g/mol. The summed E-state index contributed by atoms with van der Waals surface area (Å²) in [6.45, 7) is 3.91. The molecular formula is C52H99O8P. The minimum atomic E-state index is -4.27. The van der Waals surface area contributed by atoms with Crippen LogP contribution in [0.1, 0.15) is 271 Å². The summed E-state index contributed by atoms with van der Waals surface area (Å²) in [7, 11) is -3.20. The summed E-state index contributed by atoms with van der Waals surface area (Å²) in [5.74, 6) is -0.793. The van der Waals surface area contributed by atoms with Crippen molar-refractivity contribution in [3.05, 3.63) is 24.3 Å². The Hall–Kier alpha value is -1.47. The Morgan fingerprint density at radius 3 is 1.18 bits per heavy atom. The highest BCUT2D eigenvalue weighted by molar-refractivity contribution is 7.47. The number of hydrogen-bond acceptors (Lipinski definition) is 7. The van der Waals surface area contributed by atoms with Gasteiger partial charge in [0.15, 0.2) is 6.10 Å². The minimum Gasteiger partial charge on any atom is -0.462 e. The van der Waals surface area contributed by atoms with Crippen molar-refractivity contribution in [3.8, 4) is 0 Å². The van der Waals surface area contributed by atoms with Crippen LogP contribution in [0, 0.1) is 0 Å². The van der Waals surface area contributed by atoms with Crippen LogP contribution in [-0.4, -0.2) is 43.3 Å². The van der Waals surface area contributed by atoms with Gasteiger partial charge in [-0.1, -0.05) is 237 Å². The first kappa shape index (κ1) is 59.5. The van der Waals surface area contributed by atoms with E-state index >= 15 is 0 Å². The maximum atomic E-state index is 12.6. The summed E-state index contributed by atoms with van der Waals surface area (Å²) in [6.07, 6.45) is 56.7. The number of allylic oxidation sites excluding steroid dienone is 4. The van der Waals surface area contributed by atoms with E-state index in [1.807, 2.05) is 0 Å². The molecule has 0 bridgehead atoms. The lowest BCUT2D eigenvalue weighted by Gasteiger charge is -2.19. The Bertz CT molecular complexity index is 1050. The zero-order valence-electron chi connectivity index (χ0n) is 40.3. The lowest BCUT2D eigenvalue weighted by atomic mass is 10.0. The molecule has 360 valence electrons. The predicted molar refractivity (Wildman–Crippen MR) is 258 cm³/mol. The third-order valence-corrected chi connectivity index (χ3v) is 12.6. The zero-order valence-corrected chi connectivity index (χ0v) is 41.2. The Labute approximate surface area is 377 Å². The molecule has 9 heteroatoms. The minimum absolute atomic E-state index is 0.222. The van der Waals surface area contributed by atoms with Crippen molar-refractivity contribution in [2.75, 3.05) is 20.3 Å². The number of unbranched alkanes of at least 4 members (excludes halogenated alkanes) is 34. The number of phosphoric acid groups is 1. The van der Waals surface area contributed by atoms with E-state index in [1.54, 1.807) is 0 Å².